The molecular formula is C18H31IN4O3. The number of hydrogen-bond acceptors (Lipinski definition) is 4. The number of carbonyl (C=O) groups is 1. The van der Waals surface area contributed by atoms with Crippen LogP contribution in [0.15, 0.2) is 29.3 Å². The van der Waals surface area contributed by atoms with E-state index in [4.69, 9.17) is 9.47 Å². The molecule has 26 heavy (non-hydrogen) atoms. The second-order valence-electron chi connectivity index (χ2n) is 5.45. The average molecular weight is 478 g/mol. The predicted octanol–water partition coefficient (Wildman–Crippen LogP) is 1.86. The number of nitrogens with one attached hydrogen (secondary N) is 2. The molecule has 0 aliphatic carbocycles. The van der Waals surface area contributed by atoms with Gasteiger partial charge in [0.1, 0.15) is 12.3 Å². The standard InChI is InChI=1S/C18H30N4O3.HI/c1-5-19-18(21-13-17(23)20-11-12-24-4)22(3)14-15-7-9-16(10-8-15)25-6-2;/h7-10H,5-6,11-14H2,1-4H3,(H,19,21)(H,20,23);1H. The molecule has 0 spiro atoms. The second kappa shape index (κ2) is 14.6. The fraction of sp³-hybridized carbons (Fsp3) is 0.556. The van der Waals surface area contributed by atoms with E-state index in [1.807, 2.05) is 50.1 Å². The van der Waals surface area contributed by atoms with E-state index in [1.165, 1.54) is 0 Å². The highest BCUT2D eigenvalue weighted by Crippen LogP contribution is 2.13. The molecule has 0 saturated heterocycles. The van der Waals surface area contributed by atoms with Gasteiger partial charge in [-0.15, -0.1) is 24.0 Å². The molecule has 0 saturated carbocycles. The Kier molecular flexibility index (Phi) is 13.7. The summed E-state index contributed by atoms with van der Waals surface area (Å²) in [7, 11) is 3.55. The largest absolute Gasteiger partial charge is 0.494 e. The van der Waals surface area contributed by atoms with E-state index in [-0.39, 0.29) is 36.4 Å². The number of amides is 1. The van der Waals surface area contributed by atoms with Gasteiger partial charge in [-0.25, -0.2) is 4.99 Å². The van der Waals surface area contributed by atoms with E-state index in [0.717, 1.165) is 17.9 Å². The van der Waals surface area contributed by atoms with Crippen LogP contribution in [0, 0.1) is 0 Å². The van der Waals surface area contributed by atoms with Crippen LogP contribution in [0.4, 0.5) is 0 Å². The lowest BCUT2D eigenvalue weighted by molar-refractivity contribution is -0.119. The molecule has 2 N–H and O–H groups in total. The molecule has 0 fully saturated rings. The molecule has 1 rings (SSSR count). The third-order valence-electron chi connectivity index (χ3n) is 3.35. The molecule has 0 atom stereocenters. The minimum atomic E-state index is -0.123. The lowest BCUT2D eigenvalue weighted by Crippen LogP contribution is -2.39. The van der Waals surface area contributed by atoms with Gasteiger partial charge < -0.3 is 25.0 Å². The van der Waals surface area contributed by atoms with Crippen molar-refractivity contribution in [2.24, 2.45) is 4.99 Å². The predicted molar refractivity (Wildman–Crippen MR) is 115 cm³/mol. The van der Waals surface area contributed by atoms with Gasteiger partial charge in [-0.2, -0.15) is 0 Å². The van der Waals surface area contributed by atoms with Crippen LogP contribution >= 0.6 is 24.0 Å². The molecule has 0 aliphatic rings. The maximum atomic E-state index is 11.8. The summed E-state index contributed by atoms with van der Waals surface area (Å²) in [5, 5.41) is 5.96. The van der Waals surface area contributed by atoms with Crippen molar-refractivity contribution >= 4 is 35.8 Å². The quantitative estimate of drug-likeness (QED) is 0.233. The fourth-order valence-corrected chi connectivity index (χ4v) is 2.17. The maximum absolute atomic E-state index is 11.8. The Morgan fingerprint density at radius 1 is 1.19 bits per heavy atom. The minimum absolute atomic E-state index is 0. The van der Waals surface area contributed by atoms with Crippen molar-refractivity contribution in [3.05, 3.63) is 29.8 Å². The Morgan fingerprint density at radius 2 is 1.88 bits per heavy atom. The van der Waals surface area contributed by atoms with E-state index in [0.29, 0.717) is 32.3 Å². The Balaban J connectivity index is 0.00000625. The van der Waals surface area contributed by atoms with Crippen molar-refractivity contribution in [1.29, 1.82) is 0 Å². The third-order valence-corrected chi connectivity index (χ3v) is 3.35. The number of ether oxygens (including phenoxy) is 2. The van der Waals surface area contributed by atoms with Gasteiger partial charge in [0.25, 0.3) is 0 Å². The van der Waals surface area contributed by atoms with Crippen LogP contribution < -0.4 is 15.4 Å². The van der Waals surface area contributed by atoms with Crippen LogP contribution in [0.3, 0.4) is 0 Å². The zero-order valence-corrected chi connectivity index (χ0v) is 18.4. The highest BCUT2D eigenvalue weighted by atomic mass is 127. The molecule has 1 aromatic rings. The summed E-state index contributed by atoms with van der Waals surface area (Å²) in [4.78, 5) is 18.1. The zero-order valence-electron chi connectivity index (χ0n) is 16.1. The normalized spacial score (nSPS) is 10.7. The highest BCUT2D eigenvalue weighted by molar-refractivity contribution is 14.0. The van der Waals surface area contributed by atoms with Crippen LogP contribution in [-0.2, 0) is 16.1 Å². The van der Waals surface area contributed by atoms with Crippen LogP contribution in [0.25, 0.3) is 0 Å². The number of nitrogens with zero attached hydrogens (tertiary/aromatic N) is 2. The average Bonchev–Trinajstić information content (AvgIpc) is 2.60. The van der Waals surface area contributed by atoms with E-state index in [2.05, 4.69) is 15.6 Å². The minimum Gasteiger partial charge on any atom is -0.494 e. The number of hydrogen-bond donors (Lipinski definition) is 2. The molecule has 8 heteroatoms. The van der Waals surface area contributed by atoms with Gasteiger partial charge in [0.2, 0.25) is 5.91 Å². The molecule has 0 aromatic heterocycles. The Morgan fingerprint density at radius 3 is 2.46 bits per heavy atom. The molecule has 1 amide bonds. The lowest BCUT2D eigenvalue weighted by atomic mass is 10.2. The van der Waals surface area contributed by atoms with Crippen molar-refractivity contribution in [2.75, 3.05) is 47.0 Å². The van der Waals surface area contributed by atoms with Crippen molar-refractivity contribution in [3.63, 3.8) is 0 Å². The number of aliphatic imine (C=N–C) groups is 1. The van der Waals surface area contributed by atoms with E-state index < -0.39 is 0 Å². The number of carbonyl (C=O) groups excluding carboxylic acids is 1. The number of rotatable bonds is 10. The lowest BCUT2D eigenvalue weighted by Gasteiger charge is -2.22. The molecule has 7 nitrogen and oxygen atoms in total. The van der Waals surface area contributed by atoms with E-state index in [1.54, 1.807) is 7.11 Å². The van der Waals surface area contributed by atoms with E-state index in [9.17, 15) is 4.79 Å². The summed E-state index contributed by atoms with van der Waals surface area (Å²) in [6.45, 7) is 7.10. The summed E-state index contributed by atoms with van der Waals surface area (Å²) in [5.41, 5.74) is 1.14. The Labute approximate surface area is 173 Å². The van der Waals surface area contributed by atoms with Gasteiger partial charge in [-0.1, -0.05) is 12.1 Å². The number of halogens is 1. The first-order valence-electron chi connectivity index (χ1n) is 8.57. The first-order valence-corrected chi connectivity index (χ1v) is 8.57. The monoisotopic (exact) mass is 478 g/mol. The molecule has 148 valence electrons. The SMILES string of the molecule is CCNC(=NCC(=O)NCCOC)N(C)Cc1ccc(OCC)cc1.I. The van der Waals surface area contributed by atoms with Gasteiger partial charge in [0.05, 0.1) is 13.2 Å². The summed E-state index contributed by atoms with van der Waals surface area (Å²) >= 11 is 0. The first kappa shape index (κ1) is 24.5. The van der Waals surface area contributed by atoms with Crippen LogP contribution in [0.5, 0.6) is 5.75 Å². The maximum Gasteiger partial charge on any atom is 0.241 e. The molecule has 1 aromatic carbocycles. The molecule has 0 aliphatic heterocycles. The van der Waals surface area contributed by atoms with Gasteiger partial charge in [0, 0.05) is 33.8 Å². The molecule has 0 radical (unpaired) electrons. The molecule has 0 unspecified atom stereocenters. The van der Waals surface area contributed by atoms with Crippen LogP contribution in [0.1, 0.15) is 19.4 Å². The van der Waals surface area contributed by atoms with Gasteiger partial charge in [-0.3, -0.25) is 4.79 Å². The van der Waals surface area contributed by atoms with Crippen molar-refractivity contribution in [1.82, 2.24) is 15.5 Å². The number of methoxy groups -OCH3 is 1. The Bertz CT molecular complexity index is 538. The molecular weight excluding hydrogens is 447 g/mol. The second-order valence-corrected chi connectivity index (χ2v) is 5.45. The number of benzene rings is 1. The highest BCUT2D eigenvalue weighted by Gasteiger charge is 2.08. The third kappa shape index (κ3) is 9.81. The van der Waals surface area contributed by atoms with Crippen LogP contribution in [0.2, 0.25) is 0 Å². The van der Waals surface area contributed by atoms with Gasteiger partial charge in [0.15, 0.2) is 5.96 Å². The summed E-state index contributed by atoms with van der Waals surface area (Å²) in [6, 6.07) is 7.98. The van der Waals surface area contributed by atoms with Crippen molar-refractivity contribution < 1.29 is 14.3 Å². The molecule has 0 bridgehead atoms. The fourth-order valence-electron chi connectivity index (χ4n) is 2.17. The van der Waals surface area contributed by atoms with Crippen molar-refractivity contribution in [3.8, 4) is 5.75 Å². The summed E-state index contributed by atoms with van der Waals surface area (Å²) in [5.74, 6) is 1.43. The van der Waals surface area contributed by atoms with Crippen LogP contribution in [-0.4, -0.2) is 63.8 Å². The van der Waals surface area contributed by atoms with Gasteiger partial charge in [-0.05, 0) is 31.5 Å². The topological polar surface area (TPSA) is 75.2 Å². The molecule has 0 heterocycles. The van der Waals surface area contributed by atoms with Crippen molar-refractivity contribution in [2.45, 2.75) is 20.4 Å². The number of guanidine groups is 1. The van der Waals surface area contributed by atoms with E-state index >= 15 is 0 Å². The van der Waals surface area contributed by atoms with Gasteiger partial charge >= 0.3 is 0 Å². The Hall–Kier alpha value is -1.55. The summed E-state index contributed by atoms with van der Waals surface area (Å²) < 4.78 is 10.4. The smallest absolute Gasteiger partial charge is 0.241 e. The first-order chi connectivity index (χ1) is 12.1. The summed E-state index contributed by atoms with van der Waals surface area (Å²) in [6.07, 6.45) is 0. The zero-order chi connectivity index (χ0) is 18.5.